The van der Waals surface area contributed by atoms with Gasteiger partial charge in [0.25, 0.3) is 5.56 Å². The lowest BCUT2D eigenvalue weighted by atomic mass is 10.3. The Morgan fingerprint density at radius 1 is 1.10 bits per heavy atom. The van der Waals surface area contributed by atoms with E-state index in [9.17, 15) is 9.59 Å². The molecule has 0 bridgehead atoms. The summed E-state index contributed by atoms with van der Waals surface area (Å²) in [5.74, 6) is 1.49. The summed E-state index contributed by atoms with van der Waals surface area (Å²) in [5, 5.41) is 3.39. The Labute approximate surface area is 166 Å². The summed E-state index contributed by atoms with van der Waals surface area (Å²) in [7, 11) is 4.76. The predicted octanol–water partition coefficient (Wildman–Crippen LogP) is 1.51. The topological polar surface area (TPSA) is 87.5 Å². The van der Waals surface area contributed by atoms with Crippen molar-refractivity contribution in [3.8, 4) is 5.75 Å². The first-order chi connectivity index (χ1) is 13.9. The van der Waals surface area contributed by atoms with Crippen LogP contribution in [0.1, 0.15) is 12.1 Å². The standard InChI is InChI=1S/C20H24N6O3/c1-13-12-26-16-17(23(2)20(28)24(3)18(16)27)22-19(26)25(13)11-5-10-21-14-6-8-15(29-4)9-7-14/h6-9,12,21H,5,10-11H2,1-4H3. The number of fused-ring (bicyclic) bond motifs is 3. The summed E-state index contributed by atoms with van der Waals surface area (Å²) < 4.78 is 11.5. The SMILES string of the molecule is COc1ccc(NCCCn2c(C)cn3c4c(=O)n(C)c(=O)n(C)c4nc23)cc1. The molecule has 1 N–H and O–H groups in total. The van der Waals surface area contributed by atoms with Crippen molar-refractivity contribution in [2.24, 2.45) is 14.1 Å². The molecule has 0 aliphatic heterocycles. The van der Waals surface area contributed by atoms with Crippen LogP contribution in [0.15, 0.2) is 40.1 Å². The molecule has 29 heavy (non-hydrogen) atoms. The van der Waals surface area contributed by atoms with Gasteiger partial charge in [-0.15, -0.1) is 0 Å². The molecule has 3 aromatic heterocycles. The predicted molar refractivity (Wildman–Crippen MR) is 112 cm³/mol. The average Bonchev–Trinajstić information content (AvgIpc) is 3.23. The summed E-state index contributed by atoms with van der Waals surface area (Å²) in [6.45, 7) is 3.52. The number of benzene rings is 1. The molecular formula is C20H24N6O3. The normalized spacial score (nSPS) is 11.4. The molecule has 4 rings (SSSR count). The summed E-state index contributed by atoms with van der Waals surface area (Å²) in [4.78, 5) is 29.4. The molecular weight excluding hydrogens is 372 g/mol. The van der Waals surface area contributed by atoms with Gasteiger partial charge in [0.2, 0.25) is 5.78 Å². The van der Waals surface area contributed by atoms with Crippen LogP contribution in [0.3, 0.4) is 0 Å². The van der Waals surface area contributed by atoms with E-state index >= 15 is 0 Å². The molecule has 0 aliphatic carbocycles. The fraction of sp³-hybridized carbons (Fsp3) is 0.350. The Kier molecular flexibility index (Phi) is 4.65. The zero-order valence-electron chi connectivity index (χ0n) is 17.0. The number of anilines is 1. The Hall–Kier alpha value is -3.49. The lowest BCUT2D eigenvalue weighted by Crippen LogP contribution is -2.37. The van der Waals surface area contributed by atoms with Crippen LogP contribution >= 0.6 is 0 Å². The zero-order chi connectivity index (χ0) is 20.7. The van der Waals surface area contributed by atoms with Gasteiger partial charge < -0.3 is 14.6 Å². The summed E-state index contributed by atoms with van der Waals surface area (Å²) >= 11 is 0. The van der Waals surface area contributed by atoms with E-state index in [1.807, 2.05) is 37.4 Å². The van der Waals surface area contributed by atoms with E-state index in [1.54, 1.807) is 18.6 Å². The van der Waals surface area contributed by atoms with Crippen molar-refractivity contribution in [1.29, 1.82) is 0 Å². The number of nitrogens with zero attached hydrogens (tertiary/aromatic N) is 5. The van der Waals surface area contributed by atoms with E-state index in [0.717, 1.165) is 41.2 Å². The van der Waals surface area contributed by atoms with Gasteiger partial charge in [0.05, 0.1) is 7.11 Å². The number of rotatable bonds is 6. The zero-order valence-corrected chi connectivity index (χ0v) is 17.0. The molecule has 3 heterocycles. The fourth-order valence-electron chi connectivity index (χ4n) is 3.59. The third-order valence-electron chi connectivity index (χ3n) is 5.23. The Bertz CT molecular complexity index is 1310. The maximum Gasteiger partial charge on any atom is 0.332 e. The van der Waals surface area contributed by atoms with Crippen LogP contribution in [-0.2, 0) is 20.6 Å². The highest BCUT2D eigenvalue weighted by molar-refractivity contribution is 5.75. The lowest BCUT2D eigenvalue weighted by molar-refractivity contribution is 0.415. The van der Waals surface area contributed by atoms with Crippen molar-refractivity contribution in [3.05, 3.63) is 57.0 Å². The number of aromatic nitrogens is 5. The number of methoxy groups -OCH3 is 1. The third-order valence-corrected chi connectivity index (χ3v) is 5.23. The maximum atomic E-state index is 12.6. The van der Waals surface area contributed by atoms with E-state index in [-0.39, 0.29) is 11.2 Å². The monoisotopic (exact) mass is 396 g/mol. The van der Waals surface area contributed by atoms with Crippen molar-refractivity contribution in [2.45, 2.75) is 19.9 Å². The van der Waals surface area contributed by atoms with Crippen LogP contribution in [0.5, 0.6) is 5.75 Å². The molecule has 9 nitrogen and oxygen atoms in total. The van der Waals surface area contributed by atoms with Gasteiger partial charge >= 0.3 is 5.69 Å². The van der Waals surface area contributed by atoms with Gasteiger partial charge in [-0.05, 0) is 37.6 Å². The van der Waals surface area contributed by atoms with Crippen LogP contribution in [0.4, 0.5) is 5.69 Å². The molecule has 0 unspecified atom stereocenters. The molecule has 0 spiro atoms. The van der Waals surface area contributed by atoms with Gasteiger partial charge in [0.1, 0.15) is 5.75 Å². The molecule has 0 fully saturated rings. The highest BCUT2D eigenvalue weighted by atomic mass is 16.5. The first kappa shape index (κ1) is 18.9. The molecule has 1 aromatic carbocycles. The number of hydrogen-bond acceptors (Lipinski definition) is 5. The highest BCUT2D eigenvalue weighted by Crippen LogP contribution is 2.17. The molecule has 0 amide bonds. The van der Waals surface area contributed by atoms with Crippen molar-refractivity contribution in [1.82, 2.24) is 23.1 Å². The molecule has 9 heteroatoms. The second-order valence-electron chi connectivity index (χ2n) is 7.09. The molecule has 0 atom stereocenters. The Morgan fingerprint density at radius 3 is 2.52 bits per heavy atom. The van der Waals surface area contributed by atoms with Crippen molar-refractivity contribution in [2.75, 3.05) is 19.0 Å². The molecule has 4 aromatic rings. The van der Waals surface area contributed by atoms with Gasteiger partial charge in [-0.25, -0.2) is 4.79 Å². The smallest absolute Gasteiger partial charge is 0.332 e. The molecule has 0 aliphatic rings. The number of imidazole rings is 2. The lowest BCUT2D eigenvalue weighted by Gasteiger charge is -2.09. The number of ether oxygens (including phenoxy) is 1. The van der Waals surface area contributed by atoms with Crippen molar-refractivity contribution >= 4 is 22.6 Å². The van der Waals surface area contributed by atoms with Gasteiger partial charge in [0.15, 0.2) is 11.2 Å². The number of nitrogens with one attached hydrogen (secondary N) is 1. The fourth-order valence-corrected chi connectivity index (χ4v) is 3.59. The minimum Gasteiger partial charge on any atom is -0.497 e. The van der Waals surface area contributed by atoms with Crippen LogP contribution in [-0.4, -0.2) is 36.7 Å². The van der Waals surface area contributed by atoms with Crippen LogP contribution in [0.25, 0.3) is 16.9 Å². The van der Waals surface area contributed by atoms with Crippen molar-refractivity contribution < 1.29 is 4.74 Å². The number of aryl methyl sites for hydroxylation is 3. The second-order valence-corrected chi connectivity index (χ2v) is 7.09. The highest BCUT2D eigenvalue weighted by Gasteiger charge is 2.18. The number of hydrogen-bond donors (Lipinski definition) is 1. The maximum absolute atomic E-state index is 12.6. The molecule has 0 saturated carbocycles. The van der Waals surface area contributed by atoms with Gasteiger partial charge in [-0.2, -0.15) is 4.98 Å². The largest absolute Gasteiger partial charge is 0.497 e. The molecule has 0 radical (unpaired) electrons. The van der Waals surface area contributed by atoms with E-state index in [4.69, 9.17) is 4.74 Å². The first-order valence-electron chi connectivity index (χ1n) is 9.44. The minimum absolute atomic E-state index is 0.339. The van der Waals surface area contributed by atoms with E-state index in [2.05, 4.69) is 14.9 Å². The molecule has 152 valence electrons. The Morgan fingerprint density at radius 2 is 1.83 bits per heavy atom. The Balaban J connectivity index is 1.58. The van der Waals surface area contributed by atoms with Gasteiger partial charge in [-0.3, -0.25) is 18.3 Å². The van der Waals surface area contributed by atoms with Crippen LogP contribution < -0.4 is 21.3 Å². The molecule has 0 saturated heterocycles. The summed E-state index contributed by atoms with van der Waals surface area (Å²) in [5.41, 5.74) is 2.14. The van der Waals surface area contributed by atoms with Crippen LogP contribution in [0, 0.1) is 6.92 Å². The summed E-state index contributed by atoms with van der Waals surface area (Å²) in [6, 6.07) is 7.80. The van der Waals surface area contributed by atoms with Crippen LogP contribution in [0.2, 0.25) is 0 Å². The van der Waals surface area contributed by atoms with E-state index in [1.165, 1.54) is 11.6 Å². The van der Waals surface area contributed by atoms with E-state index < -0.39 is 0 Å². The summed E-state index contributed by atoms with van der Waals surface area (Å²) in [6.07, 6.45) is 2.77. The minimum atomic E-state index is -0.379. The van der Waals surface area contributed by atoms with Gasteiger partial charge in [0, 0.05) is 44.8 Å². The van der Waals surface area contributed by atoms with E-state index in [0.29, 0.717) is 16.9 Å². The average molecular weight is 396 g/mol. The third kappa shape index (κ3) is 3.08. The van der Waals surface area contributed by atoms with Gasteiger partial charge in [-0.1, -0.05) is 0 Å². The first-order valence-corrected chi connectivity index (χ1v) is 9.44. The quantitative estimate of drug-likeness (QED) is 0.499. The van der Waals surface area contributed by atoms with Crippen molar-refractivity contribution in [3.63, 3.8) is 0 Å². The second kappa shape index (κ2) is 7.16.